The minimum Gasteiger partial charge on any atom is -0.356 e. The highest BCUT2D eigenvalue weighted by Crippen LogP contribution is 2.14. The van der Waals surface area contributed by atoms with Crippen LogP contribution in [0, 0.1) is 5.92 Å². The number of hydrogen-bond donors (Lipinski definition) is 2. The van der Waals surface area contributed by atoms with Crippen molar-refractivity contribution in [1.82, 2.24) is 15.5 Å². The number of guanidine groups is 1. The lowest BCUT2D eigenvalue weighted by Crippen LogP contribution is -2.45. The van der Waals surface area contributed by atoms with Gasteiger partial charge >= 0.3 is 0 Å². The first-order valence-electron chi connectivity index (χ1n) is 6.59. The van der Waals surface area contributed by atoms with Gasteiger partial charge in [0.05, 0.1) is 0 Å². The van der Waals surface area contributed by atoms with Crippen LogP contribution in [-0.4, -0.2) is 50.1 Å². The van der Waals surface area contributed by atoms with Crippen molar-refractivity contribution in [2.75, 3.05) is 39.3 Å². The summed E-state index contributed by atoms with van der Waals surface area (Å²) in [4.78, 5) is 6.96. The van der Waals surface area contributed by atoms with E-state index < -0.39 is 0 Å². The predicted octanol–water partition coefficient (Wildman–Crippen LogP) is 0.657. The van der Waals surface area contributed by atoms with Gasteiger partial charge in [0.25, 0.3) is 0 Å². The summed E-state index contributed by atoms with van der Waals surface area (Å²) in [6, 6.07) is 0. The van der Waals surface area contributed by atoms with Crippen molar-refractivity contribution in [2.45, 2.75) is 26.2 Å². The van der Waals surface area contributed by atoms with E-state index in [-0.39, 0.29) is 0 Å². The summed E-state index contributed by atoms with van der Waals surface area (Å²) in [7, 11) is 0. The van der Waals surface area contributed by atoms with Gasteiger partial charge in [0, 0.05) is 32.7 Å². The quantitative estimate of drug-likeness (QED) is 0.740. The van der Waals surface area contributed by atoms with Crippen LogP contribution in [-0.2, 0) is 0 Å². The predicted molar refractivity (Wildman–Crippen MR) is 67.8 cm³/mol. The van der Waals surface area contributed by atoms with Gasteiger partial charge in [0.15, 0.2) is 5.96 Å². The number of nitrogens with zero attached hydrogens (tertiary/aromatic N) is 2. The van der Waals surface area contributed by atoms with E-state index in [1.54, 1.807) is 0 Å². The average molecular weight is 224 g/mol. The van der Waals surface area contributed by atoms with Crippen molar-refractivity contribution in [3.63, 3.8) is 0 Å². The van der Waals surface area contributed by atoms with E-state index in [4.69, 9.17) is 0 Å². The molecule has 1 saturated heterocycles. The van der Waals surface area contributed by atoms with Crippen molar-refractivity contribution in [3.8, 4) is 0 Å². The topological polar surface area (TPSA) is 39.7 Å². The fourth-order valence-electron chi connectivity index (χ4n) is 2.47. The molecule has 2 aliphatic rings. The van der Waals surface area contributed by atoms with Gasteiger partial charge < -0.3 is 15.5 Å². The van der Waals surface area contributed by atoms with Crippen molar-refractivity contribution in [1.29, 1.82) is 0 Å². The van der Waals surface area contributed by atoms with Gasteiger partial charge in [-0.3, -0.25) is 4.99 Å². The molecule has 2 aliphatic heterocycles. The van der Waals surface area contributed by atoms with Crippen LogP contribution in [0.25, 0.3) is 0 Å². The molecular weight excluding hydrogens is 200 g/mol. The summed E-state index contributed by atoms with van der Waals surface area (Å²) in [5.41, 5.74) is 0. The van der Waals surface area contributed by atoms with Crippen molar-refractivity contribution < 1.29 is 0 Å². The smallest absolute Gasteiger partial charge is 0.191 e. The van der Waals surface area contributed by atoms with Gasteiger partial charge in [0.1, 0.15) is 0 Å². The molecule has 0 spiro atoms. The second-order valence-electron chi connectivity index (χ2n) is 4.99. The summed E-state index contributed by atoms with van der Waals surface area (Å²) in [5.74, 6) is 1.87. The molecule has 1 unspecified atom stereocenters. The number of hydrogen-bond acceptors (Lipinski definition) is 4. The molecule has 1 atom stereocenters. The minimum absolute atomic E-state index is 0.874. The van der Waals surface area contributed by atoms with Gasteiger partial charge in [-0.05, 0) is 31.7 Å². The molecule has 2 rings (SSSR count). The Kier molecular flexibility index (Phi) is 4.45. The van der Waals surface area contributed by atoms with Gasteiger partial charge in [-0.2, -0.15) is 0 Å². The molecule has 0 aromatic rings. The molecular formula is C12H24N4. The number of likely N-dealkylation sites (tertiary alicyclic amines) is 1. The number of aliphatic imine (C=N–C) groups is 1. The summed E-state index contributed by atoms with van der Waals surface area (Å²) >= 11 is 0. The zero-order valence-corrected chi connectivity index (χ0v) is 10.3. The maximum absolute atomic E-state index is 4.40. The molecule has 0 bridgehead atoms. The fraction of sp³-hybridized carbons (Fsp3) is 0.917. The molecule has 1 fully saturated rings. The lowest BCUT2D eigenvalue weighted by molar-refractivity contribution is 0.187. The number of nitrogens with one attached hydrogen (secondary N) is 2. The lowest BCUT2D eigenvalue weighted by Gasteiger charge is -2.31. The third-order valence-corrected chi connectivity index (χ3v) is 3.36. The largest absolute Gasteiger partial charge is 0.356 e. The molecule has 4 nitrogen and oxygen atoms in total. The lowest BCUT2D eigenvalue weighted by atomic mass is 10.0. The highest BCUT2D eigenvalue weighted by molar-refractivity contribution is 5.80. The number of rotatable bonds is 3. The Balaban J connectivity index is 1.61. The van der Waals surface area contributed by atoms with Crippen LogP contribution in [0.15, 0.2) is 4.99 Å². The zero-order chi connectivity index (χ0) is 11.2. The van der Waals surface area contributed by atoms with E-state index in [9.17, 15) is 0 Å². The highest BCUT2D eigenvalue weighted by atomic mass is 15.2. The van der Waals surface area contributed by atoms with Crippen LogP contribution in [0.5, 0.6) is 0 Å². The van der Waals surface area contributed by atoms with Gasteiger partial charge in [-0.1, -0.05) is 6.92 Å². The molecule has 92 valence electrons. The van der Waals surface area contributed by atoms with Crippen molar-refractivity contribution in [3.05, 3.63) is 0 Å². The number of piperidine rings is 1. The van der Waals surface area contributed by atoms with E-state index in [1.165, 1.54) is 25.9 Å². The first-order chi connectivity index (χ1) is 7.84. The van der Waals surface area contributed by atoms with Crippen molar-refractivity contribution >= 4 is 5.96 Å². The second kappa shape index (κ2) is 6.09. The zero-order valence-electron chi connectivity index (χ0n) is 10.3. The van der Waals surface area contributed by atoms with Crippen molar-refractivity contribution in [2.24, 2.45) is 10.9 Å². The van der Waals surface area contributed by atoms with Crippen LogP contribution < -0.4 is 10.6 Å². The molecule has 2 heterocycles. The van der Waals surface area contributed by atoms with Crippen LogP contribution >= 0.6 is 0 Å². The van der Waals surface area contributed by atoms with E-state index in [2.05, 4.69) is 27.4 Å². The SMILES string of the molecule is CC1CCCN(CCNC2=NCCCN2)C1. The summed E-state index contributed by atoms with van der Waals surface area (Å²) in [6.45, 7) is 9.08. The highest BCUT2D eigenvalue weighted by Gasteiger charge is 2.15. The molecule has 0 amide bonds. The molecule has 0 saturated carbocycles. The first kappa shape index (κ1) is 11.7. The van der Waals surface area contributed by atoms with E-state index in [0.717, 1.165) is 44.5 Å². The molecule has 2 N–H and O–H groups in total. The van der Waals surface area contributed by atoms with Crippen LogP contribution in [0.4, 0.5) is 0 Å². The van der Waals surface area contributed by atoms with E-state index in [0.29, 0.717) is 0 Å². The van der Waals surface area contributed by atoms with Crippen LogP contribution in [0.2, 0.25) is 0 Å². The third kappa shape index (κ3) is 3.67. The Labute approximate surface area is 98.5 Å². The van der Waals surface area contributed by atoms with Crippen LogP contribution in [0.3, 0.4) is 0 Å². The Bertz CT molecular complexity index is 239. The van der Waals surface area contributed by atoms with Gasteiger partial charge in [-0.25, -0.2) is 0 Å². The molecule has 0 aromatic heterocycles. The standard InChI is InChI=1S/C12H24N4/c1-11-4-2-8-16(10-11)9-7-15-12-13-5-3-6-14-12/h11H,2-10H2,1H3,(H2,13,14,15). The monoisotopic (exact) mass is 224 g/mol. The molecule has 16 heavy (non-hydrogen) atoms. The normalized spacial score (nSPS) is 27.1. The van der Waals surface area contributed by atoms with E-state index >= 15 is 0 Å². The van der Waals surface area contributed by atoms with Gasteiger partial charge in [-0.15, -0.1) is 0 Å². The van der Waals surface area contributed by atoms with Crippen LogP contribution in [0.1, 0.15) is 26.2 Å². The molecule has 0 radical (unpaired) electrons. The third-order valence-electron chi connectivity index (χ3n) is 3.36. The first-order valence-corrected chi connectivity index (χ1v) is 6.59. The Morgan fingerprint density at radius 3 is 3.19 bits per heavy atom. The molecule has 0 aromatic carbocycles. The second-order valence-corrected chi connectivity index (χ2v) is 4.99. The van der Waals surface area contributed by atoms with E-state index in [1.807, 2.05) is 0 Å². The fourth-order valence-corrected chi connectivity index (χ4v) is 2.47. The maximum atomic E-state index is 4.40. The Morgan fingerprint density at radius 2 is 2.44 bits per heavy atom. The van der Waals surface area contributed by atoms with Gasteiger partial charge in [0.2, 0.25) is 0 Å². The summed E-state index contributed by atoms with van der Waals surface area (Å²) < 4.78 is 0. The Hall–Kier alpha value is -0.770. The average Bonchev–Trinajstić information content (AvgIpc) is 2.30. The maximum Gasteiger partial charge on any atom is 0.191 e. The minimum atomic E-state index is 0.874. The summed E-state index contributed by atoms with van der Waals surface area (Å²) in [5, 5.41) is 6.67. The summed E-state index contributed by atoms with van der Waals surface area (Å²) in [6.07, 6.45) is 3.92. The Morgan fingerprint density at radius 1 is 1.50 bits per heavy atom. The molecule has 0 aliphatic carbocycles. The molecule has 4 heteroatoms.